The molecule has 7 nitrogen and oxygen atoms in total. The molecule has 0 N–H and O–H groups in total. The van der Waals surface area contributed by atoms with Gasteiger partial charge in [-0.25, -0.2) is 0 Å². The van der Waals surface area contributed by atoms with Crippen molar-refractivity contribution in [3.63, 3.8) is 0 Å². The van der Waals surface area contributed by atoms with E-state index < -0.39 is 10.2 Å². The molecule has 156 valence electrons. The number of morpholine rings is 1. The Balaban J connectivity index is 1.58. The van der Waals surface area contributed by atoms with Crippen molar-refractivity contribution in [2.45, 2.75) is 32.5 Å². The maximum absolute atomic E-state index is 12.9. The molecule has 2 heterocycles. The van der Waals surface area contributed by atoms with Gasteiger partial charge in [0.2, 0.25) is 5.91 Å². The fourth-order valence-electron chi connectivity index (χ4n) is 3.59. The summed E-state index contributed by atoms with van der Waals surface area (Å²) in [7, 11) is -3.56. The Morgan fingerprint density at radius 3 is 2.25 bits per heavy atom. The van der Waals surface area contributed by atoms with Crippen molar-refractivity contribution in [2.75, 3.05) is 39.3 Å². The van der Waals surface area contributed by atoms with Crippen LogP contribution in [0, 0.1) is 0 Å². The van der Waals surface area contributed by atoms with Crippen LogP contribution in [0.1, 0.15) is 19.4 Å². The predicted molar refractivity (Wildman–Crippen MR) is 109 cm³/mol. The monoisotopic (exact) mass is 449 g/mol. The average molecular weight is 450 g/mol. The molecule has 2 saturated heterocycles. The van der Waals surface area contributed by atoms with Crippen molar-refractivity contribution in [1.82, 2.24) is 13.5 Å². The number of ether oxygens (including phenoxy) is 1. The van der Waals surface area contributed by atoms with Gasteiger partial charge in [0.25, 0.3) is 10.2 Å². The van der Waals surface area contributed by atoms with E-state index in [-0.39, 0.29) is 37.6 Å². The van der Waals surface area contributed by atoms with E-state index in [1.165, 1.54) is 8.61 Å². The van der Waals surface area contributed by atoms with E-state index in [2.05, 4.69) is 0 Å². The highest BCUT2D eigenvalue weighted by Crippen LogP contribution is 2.23. The van der Waals surface area contributed by atoms with Gasteiger partial charge in [0, 0.05) is 49.3 Å². The Labute approximate surface area is 176 Å². The van der Waals surface area contributed by atoms with Crippen LogP contribution in [-0.4, -0.2) is 79.3 Å². The van der Waals surface area contributed by atoms with Crippen molar-refractivity contribution in [3.8, 4) is 0 Å². The van der Waals surface area contributed by atoms with Crippen molar-refractivity contribution >= 4 is 39.3 Å². The highest BCUT2D eigenvalue weighted by Gasteiger charge is 2.37. The van der Waals surface area contributed by atoms with E-state index in [4.69, 9.17) is 27.9 Å². The molecule has 2 fully saturated rings. The Morgan fingerprint density at radius 1 is 1.07 bits per heavy atom. The lowest BCUT2D eigenvalue weighted by molar-refractivity contribution is -0.131. The van der Waals surface area contributed by atoms with Crippen molar-refractivity contribution < 1.29 is 17.9 Å². The van der Waals surface area contributed by atoms with Gasteiger partial charge in [-0.1, -0.05) is 29.3 Å². The van der Waals surface area contributed by atoms with Gasteiger partial charge in [-0.2, -0.15) is 17.0 Å². The minimum Gasteiger partial charge on any atom is -0.373 e. The molecule has 0 saturated carbocycles. The molecule has 0 spiro atoms. The second-order valence-electron chi connectivity index (χ2n) is 7.27. The fourth-order valence-corrected chi connectivity index (χ4v) is 5.81. The first-order valence-corrected chi connectivity index (χ1v) is 11.4. The van der Waals surface area contributed by atoms with Gasteiger partial charge in [0.15, 0.2) is 0 Å². The molecule has 1 aromatic rings. The molecule has 28 heavy (non-hydrogen) atoms. The topological polar surface area (TPSA) is 70.2 Å². The van der Waals surface area contributed by atoms with E-state index >= 15 is 0 Å². The second kappa shape index (κ2) is 8.85. The van der Waals surface area contributed by atoms with Crippen molar-refractivity contribution in [3.05, 3.63) is 33.8 Å². The van der Waals surface area contributed by atoms with Gasteiger partial charge in [-0.15, -0.1) is 0 Å². The maximum Gasteiger partial charge on any atom is 0.282 e. The number of hydrogen-bond donors (Lipinski definition) is 0. The van der Waals surface area contributed by atoms with Gasteiger partial charge < -0.3 is 9.64 Å². The third-order valence-electron chi connectivity index (χ3n) is 4.99. The summed E-state index contributed by atoms with van der Waals surface area (Å²) in [5.41, 5.74) is 0.711. The zero-order valence-corrected chi connectivity index (χ0v) is 18.3. The summed E-state index contributed by atoms with van der Waals surface area (Å²) >= 11 is 12.0. The van der Waals surface area contributed by atoms with Crippen molar-refractivity contribution in [1.29, 1.82) is 0 Å². The molecule has 0 aliphatic carbocycles. The number of halogens is 2. The summed E-state index contributed by atoms with van der Waals surface area (Å²) in [6, 6.07) is 5.05. The van der Waals surface area contributed by atoms with Gasteiger partial charge >= 0.3 is 0 Å². The minimum absolute atomic E-state index is 0.0742. The number of piperazine rings is 1. The Kier molecular flexibility index (Phi) is 6.89. The number of benzene rings is 1. The number of rotatable bonds is 4. The third-order valence-corrected chi connectivity index (χ3v) is 7.54. The van der Waals surface area contributed by atoms with Crippen LogP contribution >= 0.6 is 23.2 Å². The normalized spacial score (nSPS) is 25.1. The molecular weight excluding hydrogens is 425 g/mol. The van der Waals surface area contributed by atoms with Crippen LogP contribution in [0.4, 0.5) is 0 Å². The molecule has 1 amide bonds. The summed E-state index contributed by atoms with van der Waals surface area (Å²) in [4.78, 5) is 14.3. The lowest BCUT2D eigenvalue weighted by atomic mass is 10.1. The van der Waals surface area contributed by atoms with Gasteiger partial charge in [-0.05, 0) is 31.5 Å². The number of carbonyl (C=O) groups is 1. The Morgan fingerprint density at radius 2 is 1.68 bits per heavy atom. The van der Waals surface area contributed by atoms with Gasteiger partial charge in [0.05, 0.1) is 18.6 Å². The highest BCUT2D eigenvalue weighted by molar-refractivity contribution is 7.86. The molecule has 10 heteroatoms. The number of nitrogens with zero attached hydrogens (tertiary/aromatic N) is 3. The standard InChI is InChI=1S/C18H25Cl2N3O4S/c1-13-11-23(12-14(2)27-13)28(25,26)22-7-5-21(6-8-22)18(24)9-15-3-4-16(19)10-17(15)20/h3-4,10,13-14H,5-9,11-12H2,1-2H3. The summed E-state index contributed by atoms with van der Waals surface area (Å²) < 4.78 is 34.4. The Hall–Kier alpha value is -0.900. The van der Waals surface area contributed by atoms with E-state index in [1.54, 1.807) is 23.1 Å². The smallest absolute Gasteiger partial charge is 0.282 e. The van der Waals surface area contributed by atoms with E-state index in [1.807, 2.05) is 13.8 Å². The number of carbonyl (C=O) groups excluding carboxylic acids is 1. The van der Waals surface area contributed by atoms with Gasteiger partial charge in [-0.3, -0.25) is 4.79 Å². The quantitative estimate of drug-likeness (QED) is 0.704. The molecule has 0 aromatic heterocycles. The van der Waals surface area contributed by atoms with Crippen LogP contribution in [0.5, 0.6) is 0 Å². The van der Waals surface area contributed by atoms with Crippen LogP contribution < -0.4 is 0 Å². The first-order chi connectivity index (χ1) is 13.2. The van der Waals surface area contributed by atoms with Crippen LogP contribution in [-0.2, 0) is 26.2 Å². The van der Waals surface area contributed by atoms with E-state index in [0.717, 1.165) is 0 Å². The predicted octanol–water partition coefficient (Wildman–Crippen LogP) is 2.03. The van der Waals surface area contributed by atoms with Crippen LogP contribution in [0.25, 0.3) is 0 Å². The lowest BCUT2D eigenvalue weighted by Gasteiger charge is -2.40. The SMILES string of the molecule is CC1CN(S(=O)(=O)N2CCN(C(=O)Cc3ccc(Cl)cc3Cl)CC2)CC(C)O1. The first-order valence-electron chi connectivity index (χ1n) is 9.29. The molecular formula is C18H25Cl2N3O4S. The minimum atomic E-state index is -3.56. The molecule has 2 aliphatic rings. The zero-order valence-electron chi connectivity index (χ0n) is 16.0. The van der Waals surface area contributed by atoms with Crippen molar-refractivity contribution in [2.24, 2.45) is 0 Å². The Bertz CT molecular complexity index is 818. The van der Waals surface area contributed by atoms with Crippen LogP contribution in [0.3, 0.4) is 0 Å². The van der Waals surface area contributed by atoms with E-state index in [9.17, 15) is 13.2 Å². The maximum atomic E-state index is 12.9. The third kappa shape index (κ3) is 4.98. The average Bonchev–Trinajstić information content (AvgIpc) is 2.63. The van der Waals surface area contributed by atoms with Crippen LogP contribution in [0.15, 0.2) is 18.2 Å². The van der Waals surface area contributed by atoms with Crippen LogP contribution in [0.2, 0.25) is 10.0 Å². The summed E-state index contributed by atoms with van der Waals surface area (Å²) in [6.45, 7) is 5.72. The first kappa shape index (κ1) is 21.8. The summed E-state index contributed by atoms with van der Waals surface area (Å²) in [5, 5.41) is 0.976. The molecule has 0 bridgehead atoms. The molecule has 2 unspecified atom stereocenters. The number of amides is 1. The molecule has 0 radical (unpaired) electrons. The molecule has 2 atom stereocenters. The molecule has 2 aliphatic heterocycles. The van der Waals surface area contributed by atoms with Gasteiger partial charge in [0.1, 0.15) is 0 Å². The summed E-state index contributed by atoms with van der Waals surface area (Å²) in [5.74, 6) is -0.0742. The fraction of sp³-hybridized carbons (Fsp3) is 0.611. The largest absolute Gasteiger partial charge is 0.373 e. The number of hydrogen-bond acceptors (Lipinski definition) is 4. The zero-order chi connectivity index (χ0) is 20.5. The second-order valence-corrected chi connectivity index (χ2v) is 10.0. The summed E-state index contributed by atoms with van der Waals surface area (Å²) in [6.07, 6.45) is -0.0997. The highest BCUT2D eigenvalue weighted by atomic mass is 35.5. The van der Waals surface area contributed by atoms with E-state index in [0.29, 0.717) is 41.8 Å². The lowest BCUT2D eigenvalue weighted by Crippen LogP contribution is -2.57. The molecule has 1 aromatic carbocycles. The molecule has 3 rings (SSSR count).